The fraction of sp³-hybridized carbons (Fsp3) is 0.350. The number of amides is 3. The van der Waals surface area contributed by atoms with Crippen LogP contribution in [0.2, 0.25) is 0 Å². The minimum atomic E-state index is -0.541. The van der Waals surface area contributed by atoms with Crippen LogP contribution in [0.5, 0.6) is 0 Å². The predicted molar refractivity (Wildman–Crippen MR) is 107 cm³/mol. The number of carbonyl (C=O) groups excluding carboxylic acids is 2. The highest BCUT2D eigenvalue weighted by Gasteiger charge is 2.30. The number of H-pyrrole nitrogens is 1. The van der Waals surface area contributed by atoms with Crippen LogP contribution in [0.1, 0.15) is 36.8 Å². The molecule has 3 heterocycles. The quantitative estimate of drug-likeness (QED) is 0.635. The molecule has 1 aliphatic rings. The van der Waals surface area contributed by atoms with Gasteiger partial charge in [0.15, 0.2) is 0 Å². The lowest BCUT2D eigenvalue weighted by molar-refractivity contribution is 0.0997. The number of nitrogens with one attached hydrogen (secondary N) is 2. The Kier molecular flexibility index (Phi) is 4.14. The summed E-state index contributed by atoms with van der Waals surface area (Å²) in [6.45, 7) is 7.12. The summed E-state index contributed by atoms with van der Waals surface area (Å²) in [5, 5.41) is 8.69. The topological polar surface area (TPSA) is 109 Å². The third-order valence-electron chi connectivity index (χ3n) is 4.82. The molecule has 8 nitrogen and oxygen atoms in total. The van der Waals surface area contributed by atoms with E-state index >= 15 is 0 Å². The van der Waals surface area contributed by atoms with Crippen molar-refractivity contribution in [2.24, 2.45) is 5.73 Å². The van der Waals surface area contributed by atoms with Gasteiger partial charge in [-0.3, -0.25) is 9.48 Å². The zero-order valence-corrected chi connectivity index (χ0v) is 16.2. The van der Waals surface area contributed by atoms with E-state index in [1.807, 2.05) is 51.2 Å². The first-order valence-electron chi connectivity index (χ1n) is 9.27. The number of benzene rings is 1. The molecule has 4 N–H and O–H groups in total. The van der Waals surface area contributed by atoms with Crippen molar-refractivity contribution in [2.75, 3.05) is 6.54 Å². The fourth-order valence-corrected chi connectivity index (χ4v) is 3.55. The lowest BCUT2D eigenvalue weighted by Gasteiger charge is -2.31. The van der Waals surface area contributed by atoms with Crippen LogP contribution in [0.25, 0.3) is 22.2 Å². The third kappa shape index (κ3) is 3.21. The van der Waals surface area contributed by atoms with E-state index in [9.17, 15) is 9.59 Å². The van der Waals surface area contributed by atoms with Gasteiger partial charge in [-0.15, -0.1) is 0 Å². The van der Waals surface area contributed by atoms with Crippen LogP contribution in [-0.2, 0) is 13.1 Å². The first kappa shape index (κ1) is 18.1. The summed E-state index contributed by atoms with van der Waals surface area (Å²) in [5.74, 6) is -0.541. The molecule has 0 saturated heterocycles. The van der Waals surface area contributed by atoms with E-state index in [0.29, 0.717) is 30.0 Å². The zero-order valence-electron chi connectivity index (χ0n) is 16.2. The van der Waals surface area contributed by atoms with E-state index in [1.165, 1.54) is 0 Å². The second-order valence-electron chi connectivity index (χ2n) is 8.14. The van der Waals surface area contributed by atoms with Gasteiger partial charge in [0.1, 0.15) is 5.69 Å². The van der Waals surface area contributed by atoms with Gasteiger partial charge in [0.25, 0.3) is 5.91 Å². The predicted octanol–water partition coefficient (Wildman–Crippen LogP) is 2.45. The fourth-order valence-electron chi connectivity index (χ4n) is 3.55. The molecule has 0 bridgehead atoms. The molecule has 3 amide bonds. The lowest BCUT2D eigenvalue weighted by atomic mass is 10.0. The minimum Gasteiger partial charge on any atom is -0.365 e. The third-order valence-corrected chi connectivity index (χ3v) is 4.82. The molecule has 2 aromatic heterocycles. The molecule has 28 heavy (non-hydrogen) atoms. The molecule has 1 aliphatic heterocycles. The maximum Gasteiger partial charge on any atom is 0.318 e. The highest BCUT2D eigenvalue weighted by Crippen LogP contribution is 2.30. The van der Waals surface area contributed by atoms with Crippen molar-refractivity contribution in [3.8, 4) is 11.3 Å². The van der Waals surface area contributed by atoms with Gasteiger partial charge >= 0.3 is 6.03 Å². The van der Waals surface area contributed by atoms with Crippen LogP contribution in [0.4, 0.5) is 4.79 Å². The number of rotatable bonds is 2. The molecule has 3 aromatic rings. The van der Waals surface area contributed by atoms with Crippen molar-refractivity contribution in [1.29, 1.82) is 0 Å². The number of carbonyl (C=O) groups is 2. The maximum atomic E-state index is 12.6. The minimum absolute atomic E-state index is 0.162. The van der Waals surface area contributed by atoms with Crippen molar-refractivity contribution >= 4 is 22.8 Å². The smallest absolute Gasteiger partial charge is 0.318 e. The number of nitrogens with zero attached hydrogens (tertiary/aromatic N) is 3. The zero-order chi connectivity index (χ0) is 20.1. The van der Waals surface area contributed by atoms with Crippen molar-refractivity contribution in [3.63, 3.8) is 0 Å². The van der Waals surface area contributed by atoms with Crippen LogP contribution < -0.4 is 11.1 Å². The maximum absolute atomic E-state index is 12.6. The summed E-state index contributed by atoms with van der Waals surface area (Å²) < 4.78 is 1.79. The largest absolute Gasteiger partial charge is 0.365 e. The standard InChI is InChI=1S/C20H24N6O2/c1-20(2,3)23-19(28)25-8-9-26-15(11-25)16(18(21)27)17(24-26)13-5-4-12-6-7-22-14(12)10-13/h4-7,10,22H,8-9,11H2,1-3H3,(H2,21,27)(H,23,28). The van der Waals surface area contributed by atoms with Crippen LogP contribution in [0.15, 0.2) is 30.5 Å². The molecule has 8 heteroatoms. The normalized spacial score (nSPS) is 14.2. The van der Waals surface area contributed by atoms with Gasteiger partial charge in [-0.25, -0.2) is 4.79 Å². The van der Waals surface area contributed by atoms with Crippen molar-refractivity contribution in [3.05, 3.63) is 41.7 Å². The Bertz CT molecular complexity index is 1070. The first-order valence-corrected chi connectivity index (χ1v) is 9.27. The van der Waals surface area contributed by atoms with Gasteiger partial charge in [-0.2, -0.15) is 5.10 Å². The molecule has 0 spiro atoms. The van der Waals surface area contributed by atoms with E-state index in [-0.39, 0.29) is 18.1 Å². The number of nitrogens with two attached hydrogens (primary N) is 1. The Morgan fingerprint density at radius 2 is 2.00 bits per heavy atom. The van der Waals surface area contributed by atoms with Gasteiger partial charge in [0.05, 0.1) is 24.3 Å². The van der Waals surface area contributed by atoms with E-state index < -0.39 is 5.91 Å². The molecule has 146 valence electrons. The lowest BCUT2D eigenvalue weighted by Crippen LogP contribution is -2.50. The number of aromatic amines is 1. The van der Waals surface area contributed by atoms with Crippen molar-refractivity contribution in [1.82, 2.24) is 25.0 Å². The molecule has 0 saturated carbocycles. The van der Waals surface area contributed by atoms with Gasteiger partial charge in [0.2, 0.25) is 0 Å². The van der Waals surface area contributed by atoms with Gasteiger partial charge < -0.3 is 20.9 Å². The van der Waals surface area contributed by atoms with Crippen LogP contribution in [-0.4, -0.2) is 43.7 Å². The Balaban J connectivity index is 1.72. The number of fused-ring (bicyclic) bond motifs is 2. The highest BCUT2D eigenvalue weighted by molar-refractivity contribution is 6.01. The first-order chi connectivity index (χ1) is 13.2. The van der Waals surface area contributed by atoms with Crippen LogP contribution >= 0.6 is 0 Å². The van der Waals surface area contributed by atoms with Gasteiger partial charge in [0, 0.05) is 29.4 Å². The number of hydrogen-bond donors (Lipinski definition) is 3. The van der Waals surface area contributed by atoms with E-state index in [1.54, 1.807) is 9.58 Å². The monoisotopic (exact) mass is 380 g/mol. The van der Waals surface area contributed by atoms with Crippen molar-refractivity contribution in [2.45, 2.75) is 39.4 Å². The molecular formula is C20H24N6O2. The molecular weight excluding hydrogens is 356 g/mol. The van der Waals surface area contributed by atoms with Gasteiger partial charge in [-0.1, -0.05) is 12.1 Å². The van der Waals surface area contributed by atoms with E-state index in [4.69, 9.17) is 5.73 Å². The van der Waals surface area contributed by atoms with Crippen LogP contribution in [0.3, 0.4) is 0 Å². The molecule has 0 fully saturated rings. The second kappa shape index (κ2) is 6.40. The Labute approximate surface area is 162 Å². The number of primary amides is 1. The molecule has 0 radical (unpaired) electrons. The number of urea groups is 1. The summed E-state index contributed by atoms with van der Waals surface area (Å²) in [7, 11) is 0. The average molecular weight is 380 g/mol. The molecule has 0 atom stereocenters. The molecule has 0 aliphatic carbocycles. The summed E-state index contributed by atoms with van der Waals surface area (Å²) >= 11 is 0. The summed E-state index contributed by atoms with van der Waals surface area (Å²) in [5.41, 5.74) is 8.76. The Hall–Kier alpha value is -3.29. The molecule has 1 aromatic carbocycles. The Morgan fingerprint density at radius 1 is 1.21 bits per heavy atom. The summed E-state index contributed by atoms with van der Waals surface area (Å²) in [6.07, 6.45) is 1.87. The second-order valence-corrected chi connectivity index (χ2v) is 8.14. The van der Waals surface area contributed by atoms with E-state index in [0.717, 1.165) is 16.5 Å². The molecule has 0 unspecified atom stereocenters. The number of aromatic nitrogens is 3. The van der Waals surface area contributed by atoms with E-state index in [2.05, 4.69) is 15.4 Å². The Morgan fingerprint density at radius 3 is 2.71 bits per heavy atom. The number of hydrogen-bond acceptors (Lipinski definition) is 3. The van der Waals surface area contributed by atoms with Gasteiger partial charge in [-0.05, 0) is 38.3 Å². The summed E-state index contributed by atoms with van der Waals surface area (Å²) in [4.78, 5) is 29.7. The average Bonchev–Trinajstić information content (AvgIpc) is 3.22. The summed E-state index contributed by atoms with van der Waals surface area (Å²) in [6, 6.07) is 7.69. The SMILES string of the molecule is CC(C)(C)NC(=O)N1CCn2nc(-c3ccc4cc[nH]c4c3)c(C(N)=O)c2C1. The highest BCUT2D eigenvalue weighted by atomic mass is 16.2. The van der Waals surface area contributed by atoms with Crippen molar-refractivity contribution < 1.29 is 9.59 Å². The molecule has 4 rings (SSSR count). The van der Waals surface area contributed by atoms with Crippen LogP contribution in [0, 0.1) is 0 Å².